The first-order chi connectivity index (χ1) is 12.4. The lowest BCUT2D eigenvalue weighted by Gasteiger charge is -2.14. The molecule has 1 atom stereocenters. The number of amides is 1. The van der Waals surface area contributed by atoms with Crippen LogP contribution >= 0.6 is 11.3 Å². The number of methoxy groups -OCH3 is 2. The van der Waals surface area contributed by atoms with E-state index in [1.54, 1.807) is 35.6 Å². The molecule has 7 heteroatoms. The number of aryl methyl sites for hydroxylation is 1. The molecule has 0 fully saturated rings. The van der Waals surface area contributed by atoms with Crippen LogP contribution in [0.1, 0.15) is 16.7 Å². The largest absolute Gasteiger partial charge is 0.493 e. The van der Waals surface area contributed by atoms with E-state index in [0.717, 1.165) is 9.75 Å². The van der Waals surface area contributed by atoms with Crippen LogP contribution in [-0.2, 0) is 14.3 Å². The van der Waals surface area contributed by atoms with Gasteiger partial charge in [-0.05, 0) is 44.2 Å². The molecule has 1 amide bonds. The first-order valence-electron chi connectivity index (χ1n) is 7.91. The van der Waals surface area contributed by atoms with Crippen LogP contribution in [-0.4, -0.2) is 32.2 Å². The van der Waals surface area contributed by atoms with Gasteiger partial charge >= 0.3 is 5.97 Å². The summed E-state index contributed by atoms with van der Waals surface area (Å²) in [6.45, 7) is 3.50. The van der Waals surface area contributed by atoms with Gasteiger partial charge in [0.15, 0.2) is 17.6 Å². The number of anilines is 1. The highest BCUT2D eigenvalue weighted by molar-refractivity contribution is 7.12. The third-order valence-electron chi connectivity index (χ3n) is 3.46. The van der Waals surface area contributed by atoms with Crippen molar-refractivity contribution in [2.75, 3.05) is 19.5 Å². The van der Waals surface area contributed by atoms with Gasteiger partial charge in [0.1, 0.15) is 0 Å². The van der Waals surface area contributed by atoms with E-state index in [0.29, 0.717) is 17.2 Å². The molecule has 0 aliphatic heterocycles. The normalized spacial score (nSPS) is 11.8. The first-order valence-corrected chi connectivity index (χ1v) is 8.72. The highest BCUT2D eigenvalue weighted by Gasteiger charge is 2.17. The summed E-state index contributed by atoms with van der Waals surface area (Å²) in [7, 11) is 3.04. The zero-order valence-electron chi connectivity index (χ0n) is 15.1. The summed E-state index contributed by atoms with van der Waals surface area (Å²) in [5, 5.41) is 2.68. The van der Waals surface area contributed by atoms with Crippen LogP contribution in [0, 0.1) is 6.92 Å². The summed E-state index contributed by atoms with van der Waals surface area (Å²) in [5.41, 5.74) is 0.514. The number of rotatable bonds is 7. The molecule has 0 bridgehead atoms. The summed E-state index contributed by atoms with van der Waals surface area (Å²) in [5.74, 6) is 0.0278. The maximum absolute atomic E-state index is 12.2. The minimum atomic E-state index is -0.940. The zero-order chi connectivity index (χ0) is 19.1. The Morgan fingerprint density at radius 1 is 1.12 bits per heavy atom. The molecule has 0 aliphatic rings. The lowest BCUT2D eigenvalue weighted by molar-refractivity contribution is -0.148. The molecule has 26 heavy (non-hydrogen) atoms. The maximum Gasteiger partial charge on any atom is 0.331 e. The highest BCUT2D eigenvalue weighted by Crippen LogP contribution is 2.29. The van der Waals surface area contributed by atoms with E-state index in [4.69, 9.17) is 14.2 Å². The molecule has 0 aliphatic carbocycles. The van der Waals surface area contributed by atoms with E-state index in [1.165, 1.54) is 27.2 Å². The van der Waals surface area contributed by atoms with Crippen LogP contribution in [0.3, 0.4) is 0 Å². The standard InChI is InChI=1S/C19H21NO5S/c1-12-5-7-15(26-12)8-10-18(21)25-13(2)19(22)20-14-6-9-16(23-3)17(11-14)24-4/h5-11,13H,1-4H3,(H,20,22)/b10-8+/t13-/m1/s1. The van der Waals surface area contributed by atoms with Crippen molar-refractivity contribution in [3.05, 3.63) is 46.2 Å². The highest BCUT2D eigenvalue weighted by atomic mass is 32.1. The molecule has 2 aromatic rings. The monoisotopic (exact) mass is 375 g/mol. The Balaban J connectivity index is 1.92. The van der Waals surface area contributed by atoms with Gasteiger partial charge in [-0.25, -0.2) is 4.79 Å². The molecule has 2 rings (SSSR count). The molecule has 0 unspecified atom stereocenters. The number of carbonyl (C=O) groups is 2. The summed E-state index contributed by atoms with van der Waals surface area (Å²) < 4.78 is 15.5. The SMILES string of the molecule is COc1ccc(NC(=O)[C@@H](C)OC(=O)/C=C/c2ccc(C)s2)cc1OC. The number of nitrogens with one attached hydrogen (secondary N) is 1. The Hall–Kier alpha value is -2.80. The number of ether oxygens (including phenoxy) is 3. The van der Waals surface area contributed by atoms with E-state index in [1.807, 2.05) is 19.1 Å². The second-order valence-electron chi connectivity index (χ2n) is 5.42. The molecule has 0 saturated carbocycles. The Labute approximate surface area is 156 Å². The summed E-state index contributed by atoms with van der Waals surface area (Å²) in [4.78, 5) is 26.2. The van der Waals surface area contributed by atoms with E-state index in [-0.39, 0.29) is 0 Å². The van der Waals surface area contributed by atoms with Gasteiger partial charge in [0.05, 0.1) is 14.2 Å². The van der Waals surface area contributed by atoms with E-state index in [9.17, 15) is 9.59 Å². The Morgan fingerprint density at radius 3 is 2.46 bits per heavy atom. The average molecular weight is 375 g/mol. The topological polar surface area (TPSA) is 73.9 Å². The molecule has 1 N–H and O–H groups in total. The number of hydrogen-bond donors (Lipinski definition) is 1. The molecular formula is C19H21NO5S. The number of thiophene rings is 1. The molecule has 138 valence electrons. The molecule has 0 spiro atoms. The van der Waals surface area contributed by atoms with E-state index < -0.39 is 18.0 Å². The molecule has 0 saturated heterocycles. The van der Waals surface area contributed by atoms with Gasteiger partial charge in [0.2, 0.25) is 0 Å². The minimum absolute atomic E-state index is 0.439. The summed E-state index contributed by atoms with van der Waals surface area (Å²) >= 11 is 1.57. The second kappa shape index (κ2) is 9.05. The van der Waals surface area contributed by atoms with Crippen LogP contribution in [0.5, 0.6) is 11.5 Å². The van der Waals surface area contributed by atoms with Crippen molar-refractivity contribution in [2.45, 2.75) is 20.0 Å². The molecule has 0 radical (unpaired) electrons. The van der Waals surface area contributed by atoms with Gasteiger partial charge < -0.3 is 19.5 Å². The van der Waals surface area contributed by atoms with Gasteiger partial charge in [-0.15, -0.1) is 11.3 Å². The quantitative estimate of drug-likeness (QED) is 0.591. The fourth-order valence-corrected chi connectivity index (χ4v) is 2.90. The lowest BCUT2D eigenvalue weighted by Crippen LogP contribution is -2.29. The van der Waals surface area contributed by atoms with Gasteiger partial charge in [0.25, 0.3) is 5.91 Å². The smallest absolute Gasteiger partial charge is 0.331 e. The summed E-state index contributed by atoms with van der Waals surface area (Å²) in [6, 6.07) is 8.86. The summed E-state index contributed by atoms with van der Waals surface area (Å²) in [6.07, 6.45) is 2.04. The molecule has 1 heterocycles. The lowest BCUT2D eigenvalue weighted by atomic mass is 10.2. The van der Waals surface area contributed by atoms with Gasteiger partial charge in [-0.3, -0.25) is 4.79 Å². The predicted octanol–water partition coefficient (Wildman–Crippen LogP) is 3.66. The van der Waals surface area contributed by atoms with Crippen LogP contribution in [0.2, 0.25) is 0 Å². The zero-order valence-corrected chi connectivity index (χ0v) is 15.9. The van der Waals surface area contributed by atoms with Gasteiger partial charge in [0, 0.05) is 27.6 Å². The number of benzene rings is 1. The molecule has 1 aromatic heterocycles. The molecule has 1 aromatic carbocycles. The van der Waals surface area contributed by atoms with E-state index in [2.05, 4.69) is 5.32 Å². The van der Waals surface area contributed by atoms with Crippen LogP contribution in [0.15, 0.2) is 36.4 Å². The third kappa shape index (κ3) is 5.35. The number of esters is 1. The Morgan fingerprint density at radius 2 is 1.85 bits per heavy atom. The van der Waals surface area contributed by atoms with Gasteiger partial charge in [-0.2, -0.15) is 0 Å². The first kappa shape index (κ1) is 19.5. The van der Waals surface area contributed by atoms with Crippen LogP contribution < -0.4 is 14.8 Å². The third-order valence-corrected chi connectivity index (χ3v) is 4.42. The predicted molar refractivity (Wildman–Crippen MR) is 102 cm³/mol. The van der Waals surface area contributed by atoms with Crippen molar-refractivity contribution >= 4 is 35.0 Å². The molecular weight excluding hydrogens is 354 g/mol. The van der Waals surface area contributed by atoms with Crippen molar-refractivity contribution < 1.29 is 23.8 Å². The van der Waals surface area contributed by atoms with Gasteiger partial charge in [-0.1, -0.05) is 0 Å². The molecule has 6 nitrogen and oxygen atoms in total. The van der Waals surface area contributed by atoms with E-state index >= 15 is 0 Å². The van der Waals surface area contributed by atoms with Crippen molar-refractivity contribution in [3.63, 3.8) is 0 Å². The minimum Gasteiger partial charge on any atom is -0.493 e. The van der Waals surface area contributed by atoms with Crippen molar-refractivity contribution in [1.82, 2.24) is 0 Å². The second-order valence-corrected chi connectivity index (χ2v) is 6.74. The fourth-order valence-electron chi connectivity index (χ4n) is 2.12. The van der Waals surface area contributed by atoms with Crippen molar-refractivity contribution in [1.29, 1.82) is 0 Å². The number of carbonyl (C=O) groups excluding carboxylic acids is 2. The maximum atomic E-state index is 12.2. The van der Waals surface area contributed by atoms with Crippen LogP contribution in [0.25, 0.3) is 6.08 Å². The fraction of sp³-hybridized carbons (Fsp3) is 0.263. The van der Waals surface area contributed by atoms with Crippen LogP contribution in [0.4, 0.5) is 5.69 Å². The number of hydrogen-bond acceptors (Lipinski definition) is 6. The van der Waals surface area contributed by atoms with Crippen molar-refractivity contribution in [3.8, 4) is 11.5 Å². The Kier molecular flexibility index (Phi) is 6.80. The average Bonchev–Trinajstić information content (AvgIpc) is 3.05. The van der Waals surface area contributed by atoms with Crippen molar-refractivity contribution in [2.24, 2.45) is 0 Å². The Bertz CT molecular complexity index is 812.